The minimum Gasteiger partial charge on any atom is -0.438 e. The average Bonchev–Trinajstić information content (AvgIpc) is 3.08. The molecule has 0 spiro atoms. The Labute approximate surface area is 190 Å². The molecule has 8 nitrogen and oxygen atoms in total. The summed E-state index contributed by atoms with van der Waals surface area (Å²) in [6.45, 7) is 2.35. The van der Waals surface area contributed by atoms with Crippen LogP contribution in [0.4, 0.5) is 5.69 Å². The third-order valence-electron chi connectivity index (χ3n) is 5.18. The Hall–Kier alpha value is -4.51. The fraction of sp³-hybridized carbons (Fsp3) is 0.160. The SMILES string of the molecule is CCCCN1C(=O)c2ccc(C(=O)Nc3ccc(Oc4ccccc4C#N)nc3)cc2C1=O. The van der Waals surface area contributed by atoms with E-state index in [-0.39, 0.29) is 28.8 Å². The number of nitriles is 1. The zero-order chi connectivity index (χ0) is 23.4. The summed E-state index contributed by atoms with van der Waals surface area (Å²) in [5.41, 5.74) is 1.62. The zero-order valence-corrected chi connectivity index (χ0v) is 17.9. The maximum absolute atomic E-state index is 12.7. The third kappa shape index (κ3) is 4.43. The summed E-state index contributed by atoms with van der Waals surface area (Å²) in [6.07, 6.45) is 3.02. The highest BCUT2D eigenvalue weighted by Crippen LogP contribution is 2.26. The molecule has 1 aliphatic heterocycles. The summed E-state index contributed by atoms with van der Waals surface area (Å²) in [6, 6.07) is 16.5. The topological polar surface area (TPSA) is 112 Å². The fourth-order valence-corrected chi connectivity index (χ4v) is 3.43. The Morgan fingerprint density at radius 2 is 1.88 bits per heavy atom. The molecule has 8 heteroatoms. The summed E-state index contributed by atoms with van der Waals surface area (Å²) in [5, 5.41) is 11.9. The van der Waals surface area contributed by atoms with Crippen LogP contribution in [0.5, 0.6) is 11.6 Å². The number of aromatic nitrogens is 1. The van der Waals surface area contributed by atoms with E-state index in [9.17, 15) is 14.4 Å². The quantitative estimate of drug-likeness (QED) is 0.545. The van der Waals surface area contributed by atoms with Gasteiger partial charge in [0.2, 0.25) is 5.88 Å². The van der Waals surface area contributed by atoms with Crippen molar-refractivity contribution in [2.75, 3.05) is 11.9 Å². The van der Waals surface area contributed by atoms with Gasteiger partial charge in [0.25, 0.3) is 17.7 Å². The van der Waals surface area contributed by atoms with Crippen molar-refractivity contribution < 1.29 is 19.1 Å². The number of carbonyl (C=O) groups excluding carboxylic acids is 3. The second-order valence-electron chi connectivity index (χ2n) is 7.43. The van der Waals surface area contributed by atoms with Crippen molar-refractivity contribution in [3.63, 3.8) is 0 Å². The van der Waals surface area contributed by atoms with Crippen molar-refractivity contribution in [3.8, 4) is 17.7 Å². The molecule has 0 unspecified atom stereocenters. The maximum Gasteiger partial charge on any atom is 0.261 e. The molecule has 2 heterocycles. The molecular weight excluding hydrogens is 420 g/mol. The second-order valence-corrected chi connectivity index (χ2v) is 7.43. The van der Waals surface area contributed by atoms with E-state index < -0.39 is 5.91 Å². The first-order valence-electron chi connectivity index (χ1n) is 10.5. The van der Waals surface area contributed by atoms with Crippen LogP contribution in [-0.2, 0) is 0 Å². The summed E-state index contributed by atoms with van der Waals surface area (Å²) < 4.78 is 5.63. The highest BCUT2D eigenvalue weighted by Gasteiger charge is 2.35. The first kappa shape index (κ1) is 21.7. The number of para-hydroxylation sites is 1. The Morgan fingerprint density at radius 3 is 2.61 bits per heavy atom. The van der Waals surface area contributed by atoms with Gasteiger partial charge in [-0.3, -0.25) is 19.3 Å². The Bertz CT molecular complexity index is 1280. The summed E-state index contributed by atoms with van der Waals surface area (Å²) in [4.78, 5) is 43.2. The molecule has 0 aliphatic carbocycles. The normalized spacial score (nSPS) is 12.3. The summed E-state index contributed by atoms with van der Waals surface area (Å²) in [7, 11) is 0. The van der Waals surface area contributed by atoms with Gasteiger partial charge in [-0.1, -0.05) is 25.5 Å². The number of hydrogen-bond acceptors (Lipinski definition) is 6. The maximum atomic E-state index is 12.7. The van der Waals surface area contributed by atoms with Crippen LogP contribution in [0, 0.1) is 11.3 Å². The number of anilines is 1. The number of amides is 3. The van der Waals surface area contributed by atoms with Gasteiger partial charge in [-0.2, -0.15) is 5.26 Å². The molecule has 0 radical (unpaired) electrons. The van der Waals surface area contributed by atoms with Gasteiger partial charge >= 0.3 is 0 Å². The fourth-order valence-electron chi connectivity index (χ4n) is 3.43. The lowest BCUT2D eigenvalue weighted by atomic mass is 10.1. The van der Waals surface area contributed by atoms with Gasteiger partial charge in [-0.15, -0.1) is 0 Å². The Kier molecular flexibility index (Phi) is 6.13. The van der Waals surface area contributed by atoms with Gasteiger partial charge in [-0.05, 0) is 42.8 Å². The van der Waals surface area contributed by atoms with Crippen molar-refractivity contribution in [2.24, 2.45) is 0 Å². The molecule has 1 aromatic heterocycles. The molecule has 33 heavy (non-hydrogen) atoms. The molecule has 4 rings (SSSR count). The van der Waals surface area contributed by atoms with Crippen LogP contribution in [0.1, 0.15) is 56.4 Å². The lowest BCUT2D eigenvalue weighted by molar-refractivity contribution is 0.0652. The highest BCUT2D eigenvalue weighted by molar-refractivity contribution is 6.22. The molecular formula is C25H20N4O4. The Balaban J connectivity index is 1.45. The number of imide groups is 1. The number of ether oxygens (including phenoxy) is 1. The van der Waals surface area contributed by atoms with Crippen molar-refractivity contribution in [1.82, 2.24) is 9.88 Å². The lowest BCUT2D eigenvalue weighted by Gasteiger charge is -2.12. The molecule has 2 aromatic carbocycles. The molecule has 0 fully saturated rings. The van der Waals surface area contributed by atoms with Crippen LogP contribution in [0.3, 0.4) is 0 Å². The van der Waals surface area contributed by atoms with Crippen LogP contribution in [0.15, 0.2) is 60.8 Å². The molecule has 1 aliphatic rings. The number of unbranched alkanes of at least 4 members (excludes halogenated alkanes) is 1. The number of pyridine rings is 1. The molecule has 3 amide bonds. The molecule has 1 N–H and O–H groups in total. The van der Waals surface area contributed by atoms with Crippen LogP contribution in [0.2, 0.25) is 0 Å². The van der Waals surface area contributed by atoms with Gasteiger partial charge < -0.3 is 10.1 Å². The number of nitrogens with zero attached hydrogens (tertiary/aromatic N) is 3. The van der Waals surface area contributed by atoms with Gasteiger partial charge in [-0.25, -0.2) is 4.98 Å². The number of benzene rings is 2. The van der Waals surface area contributed by atoms with Crippen molar-refractivity contribution in [3.05, 3.63) is 83.0 Å². The number of hydrogen-bond donors (Lipinski definition) is 1. The van der Waals surface area contributed by atoms with E-state index in [2.05, 4.69) is 10.3 Å². The van der Waals surface area contributed by atoms with E-state index in [1.807, 2.05) is 13.0 Å². The molecule has 0 saturated heterocycles. The van der Waals surface area contributed by atoms with Gasteiger partial charge in [0.1, 0.15) is 11.8 Å². The smallest absolute Gasteiger partial charge is 0.261 e. The standard InChI is InChI=1S/C25H20N4O4/c1-2-3-12-29-24(31)19-10-8-16(13-20(19)25(29)32)23(30)28-18-9-11-22(27-15-18)33-21-7-5-4-6-17(21)14-26/h4-11,13,15H,2-3,12H2,1H3,(H,28,30). The van der Waals surface area contributed by atoms with Crippen LogP contribution < -0.4 is 10.1 Å². The van der Waals surface area contributed by atoms with Crippen molar-refractivity contribution in [1.29, 1.82) is 5.26 Å². The van der Waals surface area contributed by atoms with Crippen LogP contribution in [0.25, 0.3) is 0 Å². The van der Waals surface area contributed by atoms with Crippen molar-refractivity contribution in [2.45, 2.75) is 19.8 Å². The van der Waals surface area contributed by atoms with E-state index in [1.165, 1.54) is 29.3 Å². The number of fused-ring (bicyclic) bond motifs is 1. The van der Waals surface area contributed by atoms with E-state index >= 15 is 0 Å². The number of rotatable bonds is 7. The molecule has 164 valence electrons. The average molecular weight is 440 g/mol. The monoisotopic (exact) mass is 440 g/mol. The number of nitrogens with one attached hydrogen (secondary N) is 1. The molecule has 0 bridgehead atoms. The van der Waals surface area contributed by atoms with Gasteiger partial charge in [0.05, 0.1) is 28.6 Å². The first-order valence-corrected chi connectivity index (χ1v) is 10.5. The minimum absolute atomic E-state index is 0.238. The Morgan fingerprint density at radius 1 is 1.09 bits per heavy atom. The van der Waals surface area contributed by atoms with Crippen LogP contribution >= 0.6 is 0 Å². The molecule has 0 atom stereocenters. The zero-order valence-electron chi connectivity index (χ0n) is 17.9. The second kappa shape index (κ2) is 9.32. The third-order valence-corrected chi connectivity index (χ3v) is 5.18. The molecule has 0 saturated carbocycles. The van der Waals surface area contributed by atoms with Gasteiger partial charge in [0.15, 0.2) is 0 Å². The highest BCUT2D eigenvalue weighted by atomic mass is 16.5. The largest absolute Gasteiger partial charge is 0.438 e. The van der Waals surface area contributed by atoms with Gasteiger partial charge in [0, 0.05) is 18.2 Å². The lowest BCUT2D eigenvalue weighted by Crippen LogP contribution is -2.30. The van der Waals surface area contributed by atoms with E-state index in [1.54, 1.807) is 36.4 Å². The predicted octanol–water partition coefficient (Wildman–Crippen LogP) is 4.39. The predicted molar refractivity (Wildman–Crippen MR) is 120 cm³/mol. The minimum atomic E-state index is -0.435. The van der Waals surface area contributed by atoms with Crippen LogP contribution in [-0.4, -0.2) is 34.2 Å². The summed E-state index contributed by atoms with van der Waals surface area (Å²) >= 11 is 0. The van der Waals surface area contributed by atoms with Crippen molar-refractivity contribution >= 4 is 23.4 Å². The van der Waals surface area contributed by atoms with E-state index in [4.69, 9.17) is 10.00 Å². The molecule has 3 aromatic rings. The van der Waals surface area contributed by atoms with E-state index in [0.717, 1.165) is 12.8 Å². The van der Waals surface area contributed by atoms with E-state index in [0.29, 0.717) is 29.1 Å². The number of carbonyl (C=O) groups is 3. The summed E-state index contributed by atoms with van der Waals surface area (Å²) in [5.74, 6) is -0.485. The first-order chi connectivity index (χ1) is 16.0.